The molecule has 0 atom stereocenters. The summed E-state index contributed by atoms with van der Waals surface area (Å²) >= 11 is 1.61. The number of carbonyl (C=O) groups is 2. The van der Waals surface area contributed by atoms with Crippen molar-refractivity contribution in [2.24, 2.45) is 5.92 Å². The molecule has 0 aliphatic carbocycles. The smallest absolute Gasteiger partial charge is 0.246 e. The molecule has 2 amide bonds. The molecule has 0 unspecified atom stereocenters. The van der Waals surface area contributed by atoms with E-state index in [0.29, 0.717) is 25.6 Å². The van der Waals surface area contributed by atoms with Crippen molar-refractivity contribution in [2.75, 3.05) is 26.2 Å². The zero-order valence-electron chi connectivity index (χ0n) is 19.4. The van der Waals surface area contributed by atoms with Gasteiger partial charge >= 0.3 is 0 Å². The van der Waals surface area contributed by atoms with Gasteiger partial charge < -0.3 is 14.5 Å². The summed E-state index contributed by atoms with van der Waals surface area (Å²) in [6, 6.07) is 7.71. The molecule has 2 saturated heterocycles. The molecule has 4 rings (SSSR count). The topological polar surface area (TPSA) is 62.7 Å². The minimum absolute atomic E-state index is 0.0133. The van der Waals surface area contributed by atoms with Gasteiger partial charge in [-0.2, -0.15) is 0 Å². The Labute approximate surface area is 200 Å². The fraction of sp³-hybridized carbons (Fsp3) is 0.500. The Morgan fingerprint density at radius 1 is 1.06 bits per heavy atom. The lowest BCUT2D eigenvalue weighted by atomic mass is 9.95. The third-order valence-electron chi connectivity index (χ3n) is 6.44. The first-order chi connectivity index (χ1) is 16.1. The van der Waals surface area contributed by atoms with E-state index in [1.165, 1.54) is 12.8 Å². The van der Waals surface area contributed by atoms with Crippen molar-refractivity contribution in [2.45, 2.75) is 52.1 Å². The van der Waals surface area contributed by atoms with Crippen LogP contribution in [0.1, 0.15) is 54.8 Å². The number of hydrogen-bond donors (Lipinski definition) is 0. The molecule has 6 nitrogen and oxygen atoms in total. The largest absolute Gasteiger partial charge is 0.487 e. The van der Waals surface area contributed by atoms with E-state index in [4.69, 9.17) is 4.74 Å². The number of nitrogens with zero attached hydrogens (tertiary/aromatic N) is 3. The monoisotopic (exact) mass is 467 g/mol. The first-order valence-corrected chi connectivity index (χ1v) is 12.9. The van der Waals surface area contributed by atoms with Crippen molar-refractivity contribution in [3.05, 3.63) is 52.0 Å². The fourth-order valence-electron chi connectivity index (χ4n) is 4.54. The Hall–Kier alpha value is -2.67. The van der Waals surface area contributed by atoms with Crippen LogP contribution in [0.5, 0.6) is 5.75 Å². The lowest BCUT2D eigenvalue weighted by Crippen LogP contribution is -2.44. The quantitative estimate of drug-likeness (QED) is 0.579. The van der Waals surface area contributed by atoms with E-state index in [-0.39, 0.29) is 11.8 Å². The number of para-hydroxylation sites is 1. The van der Waals surface area contributed by atoms with Gasteiger partial charge in [-0.25, -0.2) is 4.98 Å². The van der Waals surface area contributed by atoms with E-state index < -0.39 is 0 Å². The van der Waals surface area contributed by atoms with E-state index in [1.54, 1.807) is 17.4 Å². The molecule has 2 fully saturated rings. The molecule has 1 aromatic carbocycles. The summed E-state index contributed by atoms with van der Waals surface area (Å²) < 4.78 is 5.95. The van der Waals surface area contributed by atoms with E-state index >= 15 is 0 Å². The molecule has 7 heteroatoms. The number of carbonyl (C=O) groups excluding carboxylic acids is 2. The summed E-state index contributed by atoms with van der Waals surface area (Å²) in [5.41, 5.74) is 1.77. The van der Waals surface area contributed by atoms with Crippen LogP contribution < -0.4 is 4.74 Å². The normalized spacial score (nSPS) is 17.8. The van der Waals surface area contributed by atoms with Crippen molar-refractivity contribution in [3.8, 4) is 5.75 Å². The molecule has 0 radical (unpaired) electrons. The Morgan fingerprint density at radius 2 is 1.79 bits per heavy atom. The van der Waals surface area contributed by atoms with Crippen LogP contribution in [-0.4, -0.2) is 52.8 Å². The van der Waals surface area contributed by atoms with Crippen LogP contribution >= 0.6 is 11.3 Å². The Bertz CT molecular complexity index is 971. The summed E-state index contributed by atoms with van der Waals surface area (Å²) in [6.07, 6.45) is 9.61. The Kier molecular flexibility index (Phi) is 8.15. The highest BCUT2D eigenvalue weighted by molar-refractivity contribution is 7.09. The molecule has 1 aromatic heterocycles. The number of ether oxygens (including phenoxy) is 1. The number of aryl methyl sites for hydroxylation is 1. The third kappa shape index (κ3) is 6.44. The van der Waals surface area contributed by atoms with Gasteiger partial charge in [0.25, 0.3) is 0 Å². The highest BCUT2D eigenvalue weighted by Gasteiger charge is 2.29. The molecule has 0 saturated carbocycles. The first-order valence-electron chi connectivity index (χ1n) is 12.0. The molecular formula is C26H33N3O3S. The van der Waals surface area contributed by atoms with E-state index in [1.807, 2.05) is 47.5 Å². The summed E-state index contributed by atoms with van der Waals surface area (Å²) in [5, 5.41) is 3.02. The van der Waals surface area contributed by atoms with Gasteiger partial charge in [-0.1, -0.05) is 31.0 Å². The average molecular weight is 468 g/mol. The lowest BCUT2D eigenvalue weighted by Gasteiger charge is -2.33. The van der Waals surface area contributed by atoms with Crippen molar-refractivity contribution >= 4 is 29.2 Å². The average Bonchev–Trinajstić information content (AvgIpc) is 3.08. The number of piperidine rings is 1. The predicted molar refractivity (Wildman–Crippen MR) is 131 cm³/mol. The maximum atomic E-state index is 12.9. The predicted octanol–water partition coefficient (Wildman–Crippen LogP) is 4.68. The standard InChI is InChI=1S/C26H33N3O3S/c1-20-27-23(19-33-20)18-32-24-9-5-4-8-21(24)10-11-25(30)28-16-12-22(13-17-28)26(31)29-14-6-2-3-7-15-29/h4-5,8-11,19,22H,2-3,6-7,12-18H2,1H3. The third-order valence-corrected chi connectivity index (χ3v) is 7.26. The van der Waals surface area contributed by atoms with Crippen molar-refractivity contribution < 1.29 is 14.3 Å². The van der Waals surface area contributed by atoms with Crippen LogP contribution in [-0.2, 0) is 16.2 Å². The molecule has 2 aliphatic heterocycles. The minimum Gasteiger partial charge on any atom is -0.487 e. The van der Waals surface area contributed by atoms with Gasteiger partial charge in [0, 0.05) is 49.1 Å². The lowest BCUT2D eigenvalue weighted by molar-refractivity contribution is -0.139. The Morgan fingerprint density at radius 3 is 2.48 bits per heavy atom. The van der Waals surface area contributed by atoms with Crippen LogP contribution in [0.15, 0.2) is 35.7 Å². The molecule has 0 bridgehead atoms. The molecule has 3 heterocycles. The van der Waals surface area contributed by atoms with E-state index in [0.717, 1.165) is 60.8 Å². The van der Waals surface area contributed by atoms with Gasteiger partial charge in [0.2, 0.25) is 11.8 Å². The molecule has 0 N–H and O–H groups in total. The molecule has 33 heavy (non-hydrogen) atoms. The second kappa shape index (κ2) is 11.5. The highest BCUT2D eigenvalue weighted by atomic mass is 32.1. The maximum Gasteiger partial charge on any atom is 0.246 e. The highest BCUT2D eigenvalue weighted by Crippen LogP contribution is 2.24. The van der Waals surface area contributed by atoms with Gasteiger partial charge in [-0.3, -0.25) is 9.59 Å². The number of thiazole rings is 1. The minimum atomic E-state index is -0.0133. The molecule has 176 valence electrons. The van der Waals surface area contributed by atoms with E-state index in [9.17, 15) is 9.59 Å². The van der Waals surface area contributed by atoms with Crippen LogP contribution in [0, 0.1) is 12.8 Å². The van der Waals surface area contributed by atoms with Gasteiger partial charge in [0.05, 0.1) is 10.7 Å². The Balaban J connectivity index is 1.29. The molecule has 2 aliphatic rings. The number of amides is 2. The number of rotatable bonds is 6. The summed E-state index contributed by atoms with van der Waals surface area (Å²) in [7, 11) is 0. The molecule has 2 aromatic rings. The summed E-state index contributed by atoms with van der Waals surface area (Å²) in [5.74, 6) is 1.06. The van der Waals surface area contributed by atoms with Gasteiger partial charge in [-0.15, -0.1) is 11.3 Å². The molecule has 0 spiro atoms. The zero-order valence-corrected chi connectivity index (χ0v) is 20.2. The fourth-order valence-corrected chi connectivity index (χ4v) is 5.14. The van der Waals surface area contributed by atoms with Crippen LogP contribution in [0.25, 0.3) is 6.08 Å². The zero-order chi connectivity index (χ0) is 23.0. The first kappa shape index (κ1) is 23.5. The van der Waals surface area contributed by atoms with Gasteiger partial charge in [0.1, 0.15) is 12.4 Å². The number of hydrogen-bond acceptors (Lipinski definition) is 5. The van der Waals surface area contributed by atoms with Crippen LogP contribution in [0.4, 0.5) is 0 Å². The van der Waals surface area contributed by atoms with E-state index in [2.05, 4.69) is 9.88 Å². The van der Waals surface area contributed by atoms with Gasteiger partial charge in [-0.05, 0) is 44.7 Å². The van der Waals surface area contributed by atoms with Crippen LogP contribution in [0.3, 0.4) is 0 Å². The van der Waals surface area contributed by atoms with Gasteiger partial charge in [0.15, 0.2) is 0 Å². The second-order valence-electron chi connectivity index (χ2n) is 8.86. The number of aromatic nitrogens is 1. The van der Waals surface area contributed by atoms with Crippen molar-refractivity contribution in [1.29, 1.82) is 0 Å². The molecular weight excluding hydrogens is 434 g/mol. The van der Waals surface area contributed by atoms with Crippen LogP contribution in [0.2, 0.25) is 0 Å². The second-order valence-corrected chi connectivity index (χ2v) is 9.92. The number of benzene rings is 1. The summed E-state index contributed by atoms with van der Waals surface area (Å²) in [6.45, 7) is 5.43. The summed E-state index contributed by atoms with van der Waals surface area (Å²) in [4.78, 5) is 34.0. The van der Waals surface area contributed by atoms with Crippen molar-refractivity contribution in [3.63, 3.8) is 0 Å². The maximum absolute atomic E-state index is 12.9. The SMILES string of the molecule is Cc1nc(COc2ccccc2C=CC(=O)N2CCC(C(=O)N3CCCCCC3)CC2)cs1. The number of likely N-dealkylation sites (tertiary alicyclic amines) is 2. The van der Waals surface area contributed by atoms with Crippen molar-refractivity contribution in [1.82, 2.24) is 14.8 Å².